The lowest BCUT2D eigenvalue weighted by Crippen LogP contribution is -2.15. The SMILES string of the molecule is CS(=O)(=O)CCc1cn(C(=O)OCc2ccccc2)c(N)n1. The first kappa shape index (κ1) is 16.0. The average Bonchev–Trinajstić information content (AvgIpc) is 2.84. The minimum Gasteiger partial charge on any atom is -0.444 e. The molecule has 1 heterocycles. The Kier molecular flexibility index (Phi) is 4.81. The summed E-state index contributed by atoms with van der Waals surface area (Å²) in [6, 6.07) is 9.23. The maximum absolute atomic E-state index is 12.0. The van der Waals surface area contributed by atoms with E-state index in [4.69, 9.17) is 10.5 Å². The van der Waals surface area contributed by atoms with Crippen LogP contribution in [0.2, 0.25) is 0 Å². The Hall–Kier alpha value is -2.35. The Labute approximate surface area is 128 Å². The lowest BCUT2D eigenvalue weighted by molar-refractivity contribution is 0.142. The maximum Gasteiger partial charge on any atom is 0.421 e. The second-order valence-electron chi connectivity index (χ2n) is 4.88. The van der Waals surface area contributed by atoms with Gasteiger partial charge in [0.05, 0.1) is 11.4 Å². The van der Waals surface area contributed by atoms with Crippen molar-refractivity contribution in [3.63, 3.8) is 0 Å². The van der Waals surface area contributed by atoms with Crippen molar-refractivity contribution in [2.24, 2.45) is 0 Å². The number of hydrogen-bond acceptors (Lipinski definition) is 6. The molecule has 0 saturated carbocycles. The number of rotatable bonds is 5. The number of imidazole rings is 1. The summed E-state index contributed by atoms with van der Waals surface area (Å²) in [7, 11) is -3.10. The number of sulfone groups is 1. The number of nitrogens with zero attached hydrogens (tertiary/aromatic N) is 2. The van der Waals surface area contributed by atoms with Crippen LogP contribution in [0.1, 0.15) is 11.3 Å². The number of nitrogen functional groups attached to an aromatic ring is 1. The summed E-state index contributed by atoms with van der Waals surface area (Å²) in [5, 5.41) is 0. The number of benzene rings is 1. The molecule has 2 aromatic rings. The molecule has 0 unspecified atom stereocenters. The number of aryl methyl sites for hydroxylation is 1. The summed E-state index contributed by atoms with van der Waals surface area (Å²) in [5.41, 5.74) is 6.94. The molecule has 8 heteroatoms. The predicted octanol–water partition coefficient (Wildman–Crippen LogP) is 1.24. The van der Waals surface area contributed by atoms with E-state index in [9.17, 15) is 13.2 Å². The van der Waals surface area contributed by atoms with Crippen LogP contribution in [0.15, 0.2) is 36.5 Å². The van der Waals surface area contributed by atoms with E-state index in [1.165, 1.54) is 6.20 Å². The Balaban J connectivity index is 1.99. The van der Waals surface area contributed by atoms with Gasteiger partial charge in [-0.15, -0.1) is 0 Å². The van der Waals surface area contributed by atoms with Gasteiger partial charge in [-0.25, -0.2) is 22.8 Å². The van der Waals surface area contributed by atoms with Crippen molar-refractivity contribution in [1.29, 1.82) is 0 Å². The first-order chi connectivity index (χ1) is 10.3. The second-order valence-corrected chi connectivity index (χ2v) is 7.14. The molecule has 0 spiro atoms. The fourth-order valence-corrected chi connectivity index (χ4v) is 2.37. The summed E-state index contributed by atoms with van der Waals surface area (Å²) in [6.07, 6.45) is 2.08. The number of anilines is 1. The van der Waals surface area contributed by atoms with Crippen molar-refractivity contribution in [2.75, 3.05) is 17.7 Å². The minimum atomic E-state index is -3.10. The molecular weight excluding hydrogens is 306 g/mol. The zero-order valence-corrected chi connectivity index (χ0v) is 12.9. The average molecular weight is 323 g/mol. The van der Waals surface area contributed by atoms with Crippen LogP contribution in [0.25, 0.3) is 0 Å². The normalized spacial score (nSPS) is 11.3. The van der Waals surface area contributed by atoms with Crippen molar-refractivity contribution >= 4 is 21.9 Å². The fraction of sp³-hybridized carbons (Fsp3) is 0.286. The zero-order valence-electron chi connectivity index (χ0n) is 12.1. The van der Waals surface area contributed by atoms with Gasteiger partial charge in [-0.05, 0) is 5.56 Å². The number of hydrogen-bond donors (Lipinski definition) is 1. The van der Waals surface area contributed by atoms with Gasteiger partial charge in [0.15, 0.2) is 0 Å². The van der Waals surface area contributed by atoms with Crippen LogP contribution in [-0.2, 0) is 27.6 Å². The predicted molar refractivity (Wildman–Crippen MR) is 82.1 cm³/mol. The van der Waals surface area contributed by atoms with Gasteiger partial charge in [-0.1, -0.05) is 30.3 Å². The molecule has 0 bridgehead atoms. The molecule has 118 valence electrons. The van der Waals surface area contributed by atoms with Crippen LogP contribution in [0.4, 0.5) is 10.7 Å². The van der Waals surface area contributed by atoms with Gasteiger partial charge in [0.1, 0.15) is 16.4 Å². The monoisotopic (exact) mass is 323 g/mol. The third-order valence-electron chi connectivity index (χ3n) is 2.91. The molecule has 0 saturated heterocycles. The highest BCUT2D eigenvalue weighted by Gasteiger charge is 2.14. The summed E-state index contributed by atoms with van der Waals surface area (Å²) in [6.45, 7) is 0.121. The van der Waals surface area contributed by atoms with E-state index in [1.54, 1.807) is 0 Å². The van der Waals surface area contributed by atoms with Crippen LogP contribution < -0.4 is 5.73 Å². The van der Waals surface area contributed by atoms with E-state index in [1.807, 2.05) is 30.3 Å². The third kappa shape index (κ3) is 4.59. The number of aromatic nitrogens is 2. The molecule has 7 nitrogen and oxygen atoms in total. The van der Waals surface area contributed by atoms with Crippen LogP contribution in [0, 0.1) is 0 Å². The first-order valence-electron chi connectivity index (χ1n) is 6.57. The van der Waals surface area contributed by atoms with Gasteiger partial charge in [0, 0.05) is 18.9 Å². The maximum atomic E-state index is 12.0. The van der Waals surface area contributed by atoms with Gasteiger partial charge in [0.2, 0.25) is 5.95 Å². The molecule has 2 N–H and O–H groups in total. The molecule has 0 aliphatic carbocycles. The molecule has 22 heavy (non-hydrogen) atoms. The Morgan fingerprint density at radius 2 is 2.00 bits per heavy atom. The molecule has 2 rings (SSSR count). The molecular formula is C14H17N3O4S. The van der Waals surface area contributed by atoms with Crippen molar-refractivity contribution in [2.45, 2.75) is 13.0 Å². The van der Waals surface area contributed by atoms with E-state index in [0.29, 0.717) is 5.69 Å². The summed E-state index contributed by atoms with van der Waals surface area (Å²) >= 11 is 0. The van der Waals surface area contributed by atoms with Crippen LogP contribution in [-0.4, -0.2) is 36.1 Å². The topological polar surface area (TPSA) is 104 Å². The van der Waals surface area contributed by atoms with Gasteiger partial charge in [-0.3, -0.25) is 0 Å². The lowest BCUT2D eigenvalue weighted by atomic mass is 10.2. The second kappa shape index (κ2) is 6.61. The highest BCUT2D eigenvalue weighted by Crippen LogP contribution is 2.09. The number of ether oxygens (including phenoxy) is 1. The molecule has 1 aromatic heterocycles. The van der Waals surface area contributed by atoms with Crippen LogP contribution in [0.5, 0.6) is 0 Å². The number of nitrogens with two attached hydrogens (primary N) is 1. The van der Waals surface area contributed by atoms with Crippen molar-refractivity contribution in [3.8, 4) is 0 Å². The van der Waals surface area contributed by atoms with Gasteiger partial charge < -0.3 is 10.5 Å². The summed E-state index contributed by atoms with van der Waals surface area (Å²) in [5.74, 6) is -0.0794. The Bertz CT molecular complexity index is 754. The van der Waals surface area contributed by atoms with Crippen molar-refractivity contribution in [3.05, 3.63) is 47.8 Å². The van der Waals surface area contributed by atoms with E-state index in [2.05, 4.69) is 4.98 Å². The number of carbonyl (C=O) groups excluding carboxylic acids is 1. The molecule has 0 fully saturated rings. The molecule has 0 atom stereocenters. The molecule has 0 amide bonds. The Morgan fingerprint density at radius 1 is 1.32 bits per heavy atom. The Morgan fingerprint density at radius 3 is 2.64 bits per heavy atom. The van der Waals surface area contributed by atoms with E-state index >= 15 is 0 Å². The van der Waals surface area contributed by atoms with E-state index in [0.717, 1.165) is 16.4 Å². The largest absolute Gasteiger partial charge is 0.444 e. The van der Waals surface area contributed by atoms with Gasteiger partial charge in [0.25, 0.3) is 0 Å². The molecule has 0 aliphatic heterocycles. The summed E-state index contributed by atoms with van der Waals surface area (Å²) < 4.78 is 28.5. The smallest absolute Gasteiger partial charge is 0.421 e. The quantitative estimate of drug-likeness (QED) is 0.887. The van der Waals surface area contributed by atoms with Crippen LogP contribution in [0.3, 0.4) is 0 Å². The standard InChI is InChI=1S/C14H17N3O4S/c1-22(19,20)8-7-12-9-17(13(15)16-12)14(18)21-10-11-5-3-2-4-6-11/h2-6,9H,7-8,10H2,1H3,(H2,15,16). The van der Waals surface area contributed by atoms with Crippen molar-refractivity contribution in [1.82, 2.24) is 9.55 Å². The fourth-order valence-electron chi connectivity index (χ4n) is 1.79. The molecule has 0 radical (unpaired) electrons. The highest BCUT2D eigenvalue weighted by molar-refractivity contribution is 7.90. The molecule has 0 aliphatic rings. The van der Waals surface area contributed by atoms with E-state index < -0.39 is 15.9 Å². The highest BCUT2D eigenvalue weighted by atomic mass is 32.2. The van der Waals surface area contributed by atoms with Crippen LogP contribution >= 0.6 is 0 Å². The summed E-state index contributed by atoms with van der Waals surface area (Å²) in [4.78, 5) is 15.9. The third-order valence-corrected chi connectivity index (χ3v) is 3.86. The van der Waals surface area contributed by atoms with Gasteiger partial charge in [-0.2, -0.15) is 0 Å². The lowest BCUT2D eigenvalue weighted by Gasteiger charge is -2.05. The zero-order chi connectivity index (χ0) is 16.2. The molecule has 1 aromatic carbocycles. The first-order valence-corrected chi connectivity index (χ1v) is 8.64. The van der Waals surface area contributed by atoms with Gasteiger partial charge >= 0.3 is 6.09 Å². The van der Waals surface area contributed by atoms with E-state index in [-0.39, 0.29) is 24.7 Å². The van der Waals surface area contributed by atoms with Crippen molar-refractivity contribution < 1.29 is 17.9 Å². The minimum absolute atomic E-state index is 0.0263. The number of carbonyl (C=O) groups is 1.